The molecular formula is C69H114O8. The third-order valence-electron chi connectivity index (χ3n) is 19.7. The molecule has 0 saturated heterocycles. The van der Waals surface area contributed by atoms with Gasteiger partial charge in [-0.3, -0.25) is 0 Å². The minimum absolute atomic E-state index is 0.143. The van der Waals surface area contributed by atoms with Gasteiger partial charge >= 0.3 is 0 Å². The second kappa shape index (κ2) is 30.1. The molecule has 8 rings (SSSR count). The first-order valence-electron chi connectivity index (χ1n) is 33.3. The summed E-state index contributed by atoms with van der Waals surface area (Å²) in [4.78, 5) is 0. The number of rotatable bonds is 27. The zero-order chi connectivity index (χ0) is 54.5. The van der Waals surface area contributed by atoms with Crippen molar-refractivity contribution in [2.45, 2.75) is 364 Å². The van der Waals surface area contributed by atoms with Crippen LogP contribution < -0.4 is 28.4 Å². The molecular weight excluding hydrogens is 957 g/mol. The molecule has 0 aromatic heterocycles. The standard InChI is InChI=1S/C36H60O4.C33H54O4/c1-4-7-21-34(24-13-10-14-25-34)38-31-20-19-30(37)32(39-35(22-8-5-2)26-15-11-16-27-35)33(31)40-36(23-9-6-3)28-17-12-18-29-36;1-4-18-31(21-10-7-11-22-31)35-28-17-16-27(34)29(36-32(19-5-2)23-12-8-13-24-32)30(28)37-33(20-6-3)25-14-9-15-26-33/h19-20,37H,4-18,21-29H2,1-3H3;16-17,34H,4-15,18-26H2,1-3H3. The van der Waals surface area contributed by atoms with Crippen LogP contribution in [0.2, 0.25) is 0 Å². The van der Waals surface area contributed by atoms with Crippen LogP contribution in [0.25, 0.3) is 0 Å². The monoisotopic (exact) mass is 1070 g/mol. The maximum absolute atomic E-state index is 11.4. The van der Waals surface area contributed by atoms with E-state index in [9.17, 15) is 10.2 Å². The Labute approximate surface area is 471 Å². The van der Waals surface area contributed by atoms with Gasteiger partial charge in [-0.25, -0.2) is 0 Å². The van der Waals surface area contributed by atoms with Gasteiger partial charge in [-0.05, 0) is 236 Å². The third-order valence-corrected chi connectivity index (χ3v) is 19.7. The molecule has 6 saturated carbocycles. The number of phenolic OH excluding ortho intramolecular Hbond substituents is 2. The van der Waals surface area contributed by atoms with Crippen molar-refractivity contribution >= 4 is 0 Å². The fourth-order valence-corrected chi connectivity index (χ4v) is 15.4. The fraction of sp³-hybridized carbons (Fsp3) is 0.826. The minimum Gasteiger partial charge on any atom is -0.504 e. The Morgan fingerprint density at radius 1 is 0.273 bits per heavy atom. The van der Waals surface area contributed by atoms with Crippen LogP contribution in [-0.4, -0.2) is 43.8 Å². The van der Waals surface area contributed by atoms with Gasteiger partial charge in [0.25, 0.3) is 0 Å². The van der Waals surface area contributed by atoms with E-state index in [1.807, 2.05) is 18.2 Å². The lowest BCUT2D eigenvalue weighted by Gasteiger charge is -2.43. The van der Waals surface area contributed by atoms with Crippen LogP contribution in [0, 0.1) is 0 Å². The third kappa shape index (κ3) is 16.7. The molecule has 0 bridgehead atoms. The van der Waals surface area contributed by atoms with Crippen molar-refractivity contribution in [3.05, 3.63) is 24.3 Å². The van der Waals surface area contributed by atoms with Crippen molar-refractivity contribution in [1.29, 1.82) is 0 Å². The predicted molar refractivity (Wildman–Crippen MR) is 318 cm³/mol. The van der Waals surface area contributed by atoms with Gasteiger partial charge < -0.3 is 38.6 Å². The van der Waals surface area contributed by atoms with Gasteiger partial charge in [0.1, 0.15) is 33.6 Å². The summed E-state index contributed by atoms with van der Waals surface area (Å²) in [7, 11) is 0. The van der Waals surface area contributed by atoms with Gasteiger partial charge in [0.2, 0.25) is 23.0 Å². The highest BCUT2D eigenvalue weighted by Gasteiger charge is 2.44. The second-order valence-electron chi connectivity index (χ2n) is 26.1. The highest BCUT2D eigenvalue weighted by Crippen LogP contribution is 2.55. The van der Waals surface area contributed by atoms with Crippen molar-refractivity contribution in [1.82, 2.24) is 0 Å². The van der Waals surface area contributed by atoms with Gasteiger partial charge in [-0.1, -0.05) is 119 Å². The largest absolute Gasteiger partial charge is 0.504 e. The molecule has 2 N–H and O–H groups in total. The molecule has 0 unspecified atom stereocenters. The van der Waals surface area contributed by atoms with Gasteiger partial charge in [0.05, 0.1) is 0 Å². The van der Waals surface area contributed by atoms with E-state index in [4.69, 9.17) is 28.4 Å². The lowest BCUT2D eigenvalue weighted by molar-refractivity contribution is -0.0177. The first kappa shape index (κ1) is 61.5. The molecule has 77 heavy (non-hydrogen) atoms. The number of phenols is 2. The van der Waals surface area contributed by atoms with Crippen molar-refractivity contribution in [3.63, 3.8) is 0 Å². The lowest BCUT2D eigenvalue weighted by atomic mass is 9.80. The molecule has 6 fully saturated rings. The van der Waals surface area contributed by atoms with E-state index in [0.717, 1.165) is 172 Å². The number of aromatic hydroxyl groups is 2. The fourth-order valence-electron chi connectivity index (χ4n) is 15.4. The van der Waals surface area contributed by atoms with E-state index in [-0.39, 0.29) is 45.1 Å². The van der Waals surface area contributed by atoms with Crippen LogP contribution in [0.15, 0.2) is 24.3 Å². The van der Waals surface area contributed by atoms with Crippen LogP contribution in [0.1, 0.15) is 330 Å². The van der Waals surface area contributed by atoms with Crippen LogP contribution in [-0.2, 0) is 0 Å². The quantitative estimate of drug-likeness (QED) is 0.0914. The summed E-state index contributed by atoms with van der Waals surface area (Å²) < 4.78 is 42.7. The zero-order valence-electron chi connectivity index (χ0n) is 50.5. The number of ether oxygens (including phenoxy) is 6. The maximum atomic E-state index is 11.4. The minimum atomic E-state index is -0.226. The topological polar surface area (TPSA) is 95.8 Å². The Bertz CT molecular complexity index is 1970. The van der Waals surface area contributed by atoms with Crippen molar-refractivity contribution in [2.75, 3.05) is 0 Å². The summed E-state index contributed by atoms with van der Waals surface area (Å²) in [6, 6.07) is 7.54. The first-order chi connectivity index (χ1) is 37.5. The first-order valence-corrected chi connectivity index (χ1v) is 33.3. The molecule has 8 nitrogen and oxygen atoms in total. The van der Waals surface area contributed by atoms with Crippen LogP contribution in [0.3, 0.4) is 0 Å². The predicted octanol–water partition coefficient (Wildman–Crippen LogP) is 21.2. The van der Waals surface area contributed by atoms with Crippen molar-refractivity contribution < 1.29 is 38.6 Å². The number of unbranched alkanes of at least 4 members (excludes halogenated alkanes) is 3. The van der Waals surface area contributed by atoms with E-state index >= 15 is 0 Å². The Morgan fingerprint density at radius 2 is 0.494 bits per heavy atom. The molecule has 0 heterocycles. The summed E-state index contributed by atoms with van der Waals surface area (Å²) in [5.41, 5.74) is -1.14. The van der Waals surface area contributed by atoms with Crippen LogP contribution in [0.5, 0.6) is 46.0 Å². The second-order valence-corrected chi connectivity index (χ2v) is 26.1. The number of benzene rings is 2. The summed E-state index contributed by atoms with van der Waals surface area (Å²) >= 11 is 0. The molecule has 0 atom stereocenters. The molecule has 2 aromatic carbocycles. The molecule has 438 valence electrons. The lowest BCUT2D eigenvalue weighted by Crippen LogP contribution is -2.41. The molecule has 6 aliphatic rings. The molecule has 0 aliphatic heterocycles. The number of hydrogen-bond donors (Lipinski definition) is 2. The van der Waals surface area contributed by atoms with Crippen LogP contribution >= 0.6 is 0 Å². The normalized spacial score (nSPS) is 22.4. The molecule has 0 amide bonds. The van der Waals surface area contributed by atoms with Gasteiger partial charge in [0.15, 0.2) is 23.0 Å². The van der Waals surface area contributed by atoms with Crippen LogP contribution in [0.4, 0.5) is 0 Å². The smallest absolute Gasteiger partial charge is 0.208 e. The van der Waals surface area contributed by atoms with E-state index in [1.165, 1.54) is 128 Å². The molecule has 0 radical (unpaired) electrons. The highest BCUT2D eigenvalue weighted by atomic mass is 16.6. The highest BCUT2D eigenvalue weighted by molar-refractivity contribution is 5.60. The summed E-state index contributed by atoms with van der Waals surface area (Å²) in [5.74, 6) is 4.45. The molecule has 0 spiro atoms. The Morgan fingerprint density at radius 3 is 0.740 bits per heavy atom. The maximum Gasteiger partial charge on any atom is 0.208 e. The Kier molecular flexibility index (Phi) is 24.0. The van der Waals surface area contributed by atoms with E-state index in [2.05, 4.69) is 41.5 Å². The molecule has 8 heteroatoms. The Balaban J connectivity index is 0.000000224. The van der Waals surface area contributed by atoms with Gasteiger partial charge in [0, 0.05) is 0 Å². The van der Waals surface area contributed by atoms with E-state index in [0.29, 0.717) is 23.0 Å². The summed E-state index contributed by atoms with van der Waals surface area (Å²) in [6.07, 6.45) is 51.5. The summed E-state index contributed by atoms with van der Waals surface area (Å²) in [5, 5.41) is 22.7. The van der Waals surface area contributed by atoms with E-state index < -0.39 is 0 Å². The average Bonchev–Trinajstić information content (AvgIpc) is 3.47. The molecule has 6 aliphatic carbocycles. The average molecular weight is 1070 g/mol. The molecule has 2 aromatic rings. The zero-order valence-corrected chi connectivity index (χ0v) is 50.5. The van der Waals surface area contributed by atoms with Crippen molar-refractivity contribution in [2.24, 2.45) is 0 Å². The SMILES string of the molecule is CCCC1(Oc2ccc(O)c(OC3(CCC)CCCCC3)c2OC2(CCC)CCCCC2)CCCCC1.CCCCC1(Oc2ccc(O)c(OC3(CCCC)CCCCC3)c2OC2(CCCC)CCCCC2)CCCCC1. The number of hydrogen-bond acceptors (Lipinski definition) is 8. The van der Waals surface area contributed by atoms with Gasteiger partial charge in [-0.15, -0.1) is 0 Å². The summed E-state index contributed by atoms with van der Waals surface area (Å²) in [6.45, 7) is 13.6. The Hall–Kier alpha value is -3.16. The van der Waals surface area contributed by atoms with Crippen molar-refractivity contribution in [3.8, 4) is 46.0 Å². The van der Waals surface area contributed by atoms with E-state index in [1.54, 1.807) is 6.07 Å². The van der Waals surface area contributed by atoms with Gasteiger partial charge in [-0.2, -0.15) is 0 Å².